The van der Waals surface area contributed by atoms with Gasteiger partial charge in [-0.25, -0.2) is 0 Å². The Morgan fingerprint density at radius 1 is 1.24 bits per heavy atom. The Hall–Kier alpha value is -1.36. The summed E-state index contributed by atoms with van der Waals surface area (Å²) in [4.78, 5) is 23.8. The number of hydrogen-bond donors (Lipinski definition) is 2. The molecule has 0 atom stereocenters. The second-order valence-electron chi connectivity index (χ2n) is 5.56. The maximum atomic E-state index is 12.0. The maximum absolute atomic E-state index is 12.0. The molecule has 114 valence electrons. The first-order valence-electron chi connectivity index (χ1n) is 7.40. The molecule has 1 saturated carbocycles. The first kappa shape index (κ1) is 16.0. The van der Waals surface area contributed by atoms with E-state index in [-0.39, 0.29) is 24.3 Å². The Labute approximate surface area is 133 Å². The molecule has 0 spiro atoms. The van der Waals surface area contributed by atoms with Gasteiger partial charge in [-0.15, -0.1) is 0 Å². The number of carbonyl (C=O) groups excluding carboxylic acids is 2. The smallest absolute Gasteiger partial charge is 0.243 e. The second kappa shape index (κ2) is 7.59. The quantitative estimate of drug-likeness (QED) is 0.872. The fourth-order valence-corrected chi connectivity index (χ4v) is 2.93. The number of amides is 2. The molecule has 0 heterocycles. The van der Waals surface area contributed by atoms with Gasteiger partial charge in [-0.3, -0.25) is 9.59 Å². The summed E-state index contributed by atoms with van der Waals surface area (Å²) in [6, 6.07) is 5.64. The van der Waals surface area contributed by atoms with Gasteiger partial charge in [0.15, 0.2) is 0 Å². The topological polar surface area (TPSA) is 58.2 Å². The van der Waals surface area contributed by atoms with E-state index in [9.17, 15) is 9.59 Å². The van der Waals surface area contributed by atoms with E-state index in [1.807, 2.05) is 25.1 Å². The zero-order chi connectivity index (χ0) is 15.2. The van der Waals surface area contributed by atoms with Crippen molar-refractivity contribution in [2.45, 2.75) is 39.0 Å². The minimum atomic E-state index is -0.199. The zero-order valence-corrected chi connectivity index (χ0v) is 13.8. The lowest BCUT2D eigenvalue weighted by Crippen LogP contribution is -2.37. The Kier molecular flexibility index (Phi) is 5.79. The van der Waals surface area contributed by atoms with E-state index < -0.39 is 0 Å². The van der Waals surface area contributed by atoms with E-state index in [0.717, 1.165) is 41.4 Å². The minimum absolute atomic E-state index is 0.00920. The number of hydrogen-bond acceptors (Lipinski definition) is 2. The van der Waals surface area contributed by atoms with E-state index in [1.165, 1.54) is 6.42 Å². The second-order valence-corrected chi connectivity index (χ2v) is 6.42. The first-order valence-corrected chi connectivity index (χ1v) is 8.19. The van der Waals surface area contributed by atoms with Gasteiger partial charge in [0, 0.05) is 16.1 Å². The number of anilines is 1. The third-order valence-electron chi connectivity index (χ3n) is 3.85. The lowest BCUT2D eigenvalue weighted by Gasteiger charge is -2.20. The van der Waals surface area contributed by atoms with Gasteiger partial charge in [0.05, 0.1) is 6.54 Å². The minimum Gasteiger partial charge on any atom is -0.347 e. The monoisotopic (exact) mass is 352 g/mol. The van der Waals surface area contributed by atoms with E-state index in [0.29, 0.717) is 0 Å². The normalized spacial score (nSPS) is 15.5. The molecule has 0 unspecified atom stereocenters. The van der Waals surface area contributed by atoms with Crippen molar-refractivity contribution < 1.29 is 9.59 Å². The van der Waals surface area contributed by atoms with Crippen LogP contribution in [0.5, 0.6) is 0 Å². The van der Waals surface area contributed by atoms with E-state index in [4.69, 9.17) is 0 Å². The standard InChI is InChI=1S/C16H21BrN2O2/c1-11-7-8-13(9-14(11)17)19-15(20)10-18-16(21)12-5-3-2-4-6-12/h7-9,12H,2-6,10H2,1H3,(H,18,21)(H,19,20). The molecule has 1 aromatic carbocycles. The van der Waals surface area contributed by atoms with Gasteiger partial charge in [0.25, 0.3) is 0 Å². The summed E-state index contributed by atoms with van der Waals surface area (Å²) in [6.45, 7) is 2.01. The summed E-state index contributed by atoms with van der Waals surface area (Å²) in [5.41, 5.74) is 1.84. The molecule has 5 heteroatoms. The fraction of sp³-hybridized carbons (Fsp3) is 0.500. The van der Waals surface area contributed by atoms with Gasteiger partial charge >= 0.3 is 0 Å². The molecule has 2 N–H and O–H groups in total. The van der Waals surface area contributed by atoms with E-state index in [2.05, 4.69) is 26.6 Å². The lowest BCUT2D eigenvalue weighted by molar-refractivity contribution is -0.128. The molecule has 2 amide bonds. The highest BCUT2D eigenvalue weighted by atomic mass is 79.9. The van der Waals surface area contributed by atoms with Crippen LogP contribution < -0.4 is 10.6 Å². The van der Waals surface area contributed by atoms with Crippen LogP contribution in [0.1, 0.15) is 37.7 Å². The van der Waals surface area contributed by atoms with Crippen LogP contribution in [-0.4, -0.2) is 18.4 Å². The van der Waals surface area contributed by atoms with Crippen molar-refractivity contribution in [3.8, 4) is 0 Å². The highest BCUT2D eigenvalue weighted by Crippen LogP contribution is 2.23. The Morgan fingerprint density at radius 2 is 1.95 bits per heavy atom. The lowest BCUT2D eigenvalue weighted by atomic mass is 9.89. The maximum Gasteiger partial charge on any atom is 0.243 e. The summed E-state index contributed by atoms with van der Waals surface area (Å²) in [5.74, 6) is -0.107. The van der Waals surface area contributed by atoms with E-state index in [1.54, 1.807) is 0 Å². The van der Waals surface area contributed by atoms with Crippen LogP contribution in [0.25, 0.3) is 0 Å². The van der Waals surface area contributed by atoms with Gasteiger partial charge in [-0.2, -0.15) is 0 Å². The molecule has 21 heavy (non-hydrogen) atoms. The van der Waals surface area contributed by atoms with Crippen LogP contribution in [0.15, 0.2) is 22.7 Å². The number of benzene rings is 1. The van der Waals surface area contributed by atoms with Crippen molar-refractivity contribution in [3.63, 3.8) is 0 Å². The summed E-state index contributed by atoms with van der Waals surface area (Å²) >= 11 is 3.43. The first-order chi connectivity index (χ1) is 10.1. The summed E-state index contributed by atoms with van der Waals surface area (Å²) in [6.07, 6.45) is 5.33. The Bertz CT molecular complexity index is 525. The predicted molar refractivity (Wildman–Crippen MR) is 87.1 cm³/mol. The number of nitrogens with one attached hydrogen (secondary N) is 2. The van der Waals surface area contributed by atoms with Gasteiger partial charge < -0.3 is 10.6 Å². The largest absolute Gasteiger partial charge is 0.347 e. The summed E-state index contributed by atoms with van der Waals surface area (Å²) < 4.78 is 0.951. The van der Waals surface area contributed by atoms with Crippen molar-refractivity contribution >= 4 is 33.4 Å². The van der Waals surface area contributed by atoms with Gasteiger partial charge in [-0.1, -0.05) is 41.3 Å². The van der Waals surface area contributed by atoms with Crippen LogP contribution >= 0.6 is 15.9 Å². The molecule has 1 aromatic rings. The average molecular weight is 353 g/mol. The SMILES string of the molecule is Cc1ccc(NC(=O)CNC(=O)C2CCCCC2)cc1Br. The van der Waals surface area contributed by atoms with Crippen LogP contribution in [0.2, 0.25) is 0 Å². The summed E-state index contributed by atoms with van der Waals surface area (Å²) in [7, 11) is 0. The zero-order valence-electron chi connectivity index (χ0n) is 12.2. The molecule has 2 rings (SSSR count). The average Bonchev–Trinajstić information content (AvgIpc) is 2.49. The van der Waals surface area contributed by atoms with Crippen LogP contribution in [0.3, 0.4) is 0 Å². The number of rotatable bonds is 4. The van der Waals surface area contributed by atoms with E-state index >= 15 is 0 Å². The highest BCUT2D eigenvalue weighted by molar-refractivity contribution is 9.10. The molecule has 0 bridgehead atoms. The molecule has 1 aliphatic carbocycles. The molecule has 1 aliphatic rings. The predicted octanol–water partition coefficient (Wildman–Crippen LogP) is 3.39. The molecular weight excluding hydrogens is 332 g/mol. The van der Waals surface area contributed by atoms with Crippen LogP contribution in [-0.2, 0) is 9.59 Å². The third kappa shape index (κ3) is 4.84. The van der Waals surface area contributed by atoms with Crippen molar-refractivity contribution in [1.82, 2.24) is 5.32 Å². The fourth-order valence-electron chi connectivity index (χ4n) is 2.55. The number of carbonyl (C=O) groups is 2. The molecule has 0 aliphatic heterocycles. The Morgan fingerprint density at radius 3 is 2.62 bits per heavy atom. The molecule has 0 saturated heterocycles. The van der Waals surface area contributed by atoms with Crippen molar-refractivity contribution in [2.24, 2.45) is 5.92 Å². The number of halogens is 1. The summed E-state index contributed by atoms with van der Waals surface area (Å²) in [5, 5.41) is 5.52. The highest BCUT2D eigenvalue weighted by Gasteiger charge is 2.21. The van der Waals surface area contributed by atoms with Crippen molar-refractivity contribution in [1.29, 1.82) is 0 Å². The third-order valence-corrected chi connectivity index (χ3v) is 4.71. The Balaban J connectivity index is 1.78. The molecule has 4 nitrogen and oxygen atoms in total. The van der Waals surface area contributed by atoms with Crippen molar-refractivity contribution in [3.05, 3.63) is 28.2 Å². The van der Waals surface area contributed by atoms with Gasteiger partial charge in [0.1, 0.15) is 0 Å². The number of aryl methyl sites for hydroxylation is 1. The molecule has 0 aromatic heterocycles. The van der Waals surface area contributed by atoms with Crippen molar-refractivity contribution in [2.75, 3.05) is 11.9 Å². The van der Waals surface area contributed by atoms with Crippen LogP contribution in [0, 0.1) is 12.8 Å². The molecule has 0 radical (unpaired) electrons. The molecular formula is C16H21BrN2O2. The van der Waals surface area contributed by atoms with Gasteiger partial charge in [-0.05, 0) is 37.5 Å². The van der Waals surface area contributed by atoms with Crippen LogP contribution in [0.4, 0.5) is 5.69 Å². The molecule has 1 fully saturated rings. The van der Waals surface area contributed by atoms with Gasteiger partial charge in [0.2, 0.25) is 11.8 Å².